The van der Waals surface area contributed by atoms with Crippen molar-refractivity contribution < 1.29 is 4.79 Å². The average molecular weight is 262 g/mol. The van der Waals surface area contributed by atoms with Crippen molar-refractivity contribution in [2.45, 2.75) is 61.8 Å². The molecular formula is C18H30O. The van der Waals surface area contributed by atoms with Gasteiger partial charge in [-0.3, -0.25) is 4.79 Å². The summed E-state index contributed by atoms with van der Waals surface area (Å²) in [6.45, 7) is 17.5. The van der Waals surface area contributed by atoms with Crippen LogP contribution in [0.4, 0.5) is 0 Å². The fourth-order valence-electron chi connectivity index (χ4n) is 4.27. The predicted octanol–water partition coefficient (Wildman–Crippen LogP) is 5.18. The standard InChI is InChI=1S/C18H30O/c1-12(2)15(19)9-14(4)16-17(5,6)10-13(3)11-18(16,7)8/h9-10,12,16H,11H2,1-8H3/b14-9-. The molecule has 0 aliphatic heterocycles. The summed E-state index contributed by atoms with van der Waals surface area (Å²) in [4.78, 5) is 12.0. The second-order valence-corrected chi connectivity index (χ2v) is 7.86. The van der Waals surface area contributed by atoms with Crippen molar-refractivity contribution in [3.63, 3.8) is 0 Å². The van der Waals surface area contributed by atoms with Gasteiger partial charge in [-0.25, -0.2) is 0 Å². The van der Waals surface area contributed by atoms with Crippen LogP contribution in [0.25, 0.3) is 0 Å². The summed E-state index contributed by atoms with van der Waals surface area (Å²) >= 11 is 0. The number of hydrogen-bond donors (Lipinski definition) is 0. The van der Waals surface area contributed by atoms with Gasteiger partial charge in [0, 0.05) is 5.92 Å². The number of carbonyl (C=O) groups is 1. The Morgan fingerprint density at radius 1 is 1.32 bits per heavy atom. The quantitative estimate of drug-likeness (QED) is 0.506. The zero-order valence-corrected chi connectivity index (χ0v) is 13.9. The molecule has 1 aliphatic carbocycles. The van der Waals surface area contributed by atoms with Crippen LogP contribution in [-0.2, 0) is 4.79 Å². The zero-order chi connectivity index (χ0) is 15.0. The van der Waals surface area contributed by atoms with Gasteiger partial charge >= 0.3 is 0 Å². The van der Waals surface area contributed by atoms with Gasteiger partial charge in [-0.2, -0.15) is 0 Å². The van der Waals surface area contributed by atoms with Crippen LogP contribution in [0.2, 0.25) is 0 Å². The molecule has 0 heterocycles. The second kappa shape index (κ2) is 5.26. The lowest BCUT2D eigenvalue weighted by Crippen LogP contribution is -2.40. The van der Waals surface area contributed by atoms with E-state index in [2.05, 4.69) is 47.6 Å². The average Bonchev–Trinajstić information content (AvgIpc) is 2.11. The summed E-state index contributed by atoms with van der Waals surface area (Å²) in [5.41, 5.74) is 3.02. The van der Waals surface area contributed by atoms with Crippen molar-refractivity contribution in [3.05, 3.63) is 23.3 Å². The Hall–Kier alpha value is -0.850. The number of rotatable bonds is 3. The summed E-state index contributed by atoms with van der Waals surface area (Å²) in [5.74, 6) is 0.754. The fraction of sp³-hybridized carbons (Fsp3) is 0.722. The lowest BCUT2D eigenvalue weighted by atomic mass is 9.56. The maximum atomic E-state index is 12.0. The lowest BCUT2D eigenvalue weighted by Gasteiger charge is -2.48. The summed E-state index contributed by atoms with van der Waals surface area (Å²) < 4.78 is 0. The van der Waals surface area contributed by atoms with E-state index in [9.17, 15) is 4.79 Å². The van der Waals surface area contributed by atoms with Crippen molar-refractivity contribution in [1.82, 2.24) is 0 Å². The molecule has 1 unspecified atom stereocenters. The predicted molar refractivity (Wildman–Crippen MR) is 83.0 cm³/mol. The Bertz CT molecular complexity index is 419. The monoisotopic (exact) mass is 262 g/mol. The summed E-state index contributed by atoms with van der Waals surface area (Å²) in [7, 11) is 0. The lowest BCUT2D eigenvalue weighted by molar-refractivity contribution is -0.117. The second-order valence-electron chi connectivity index (χ2n) is 7.86. The highest BCUT2D eigenvalue weighted by Crippen LogP contribution is 2.52. The Kier molecular flexibility index (Phi) is 4.49. The van der Waals surface area contributed by atoms with E-state index in [-0.39, 0.29) is 22.5 Å². The molecule has 0 spiro atoms. The van der Waals surface area contributed by atoms with Crippen molar-refractivity contribution in [3.8, 4) is 0 Å². The Morgan fingerprint density at radius 2 is 1.84 bits per heavy atom. The van der Waals surface area contributed by atoms with E-state index in [0.29, 0.717) is 5.92 Å². The molecule has 0 bridgehead atoms. The number of ketones is 1. The summed E-state index contributed by atoms with van der Waals surface area (Å²) in [6, 6.07) is 0. The molecular weight excluding hydrogens is 232 g/mol. The third-order valence-corrected chi connectivity index (χ3v) is 4.27. The first-order valence-corrected chi connectivity index (χ1v) is 7.38. The van der Waals surface area contributed by atoms with E-state index < -0.39 is 0 Å². The van der Waals surface area contributed by atoms with Gasteiger partial charge in [-0.15, -0.1) is 0 Å². The van der Waals surface area contributed by atoms with E-state index in [1.807, 2.05) is 19.9 Å². The zero-order valence-electron chi connectivity index (χ0n) is 13.9. The molecule has 1 heteroatoms. The molecule has 0 saturated heterocycles. The van der Waals surface area contributed by atoms with Crippen molar-refractivity contribution >= 4 is 5.78 Å². The van der Waals surface area contributed by atoms with Gasteiger partial charge in [0.2, 0.25) is 0 Å². The van der Waals surface area contributed by atoms with E-state index in [1.165, 1.54) is 11.1 Å². The van der Waals surface area contributed by atoms with Crippen LogP contribution in [0.15, 0.2) is 23.3 Å². The van der Waals surface area contributed by atoms with Crippen molar-refractivity contribution in [2.75, 3.05) is 0 Å². The van der Waals surface area contributed by atoms with Gasteiger partial charge in [0.15, 0.2) is 5.78 Å². The van der Waals surface area contributed by atoms with Gasteiger partial charge in [0.1, 0.15) is 0 Å². The highest BCUT2D eigenvalue weighted by molar-refractivity contribution is 5.91. The first kappa shape index (κ1) is 16.2. The van der Waals surface area contributed by atoms with E-state index in [1.54, 1.807) is 0 Å². The molecule has 1 atom stereocenters. The van der Waals surface area contributed by atoms with E-state index in [4.69, 9.17) is 0 Å². The highest BCUT2D eigenvalue weighted by atomic mass is 16.1. The first-order chi connectivity index (χ1) is 8.47. The first-order valence-electron chi connectivity index (χ1n) is 7.38. The third-order valence-electron chi connectivity index (χ3n) is 4.27. The molecule has 19 heavy (non-hydrogen) atoms. The van der Waals surface area contributed by atoms with E-state index in [0.717, 1.165) is 6.42 Å². The van der Waals surface area contributed by atoms with Crippen LogP contribution in [0.3, 0.4) is 0 Å². The molecule has 0 aromatic heterocycles. The molecule has 0 aromatic rings. The molecule has 0 aromatic carbocycles. The van der Waals surface area contributed by atoms with Crippen LogP contribution in [0.5, 0.6) is 0 Å². The number of allylic oxidation sites excluding steroid dienone is 4. The fourth-order valence-corrected chi connectivity index (χ4v) is 4.27. The Balaban J connectivity index is 3.19. The third kappa shape index (κ3) is 3.58. The Labute approximate surface area is 119 Å². The maximum absolute atomic E-state index is 12.0. The maximum Gasteiger partial charge on any atom is 0.158 e. The SMILES string of the molecule is CC1=CC(C)(C)C(/C(C)=C\C(=O)C(C)C)C(C)(C)C1. The van der Waals surface area contributed by atoms with Crippen molar-refractivity contribution in [1.29, 1.82) is 0 Å². The molecule has 1 nitrogen and oxygen atoms in total. The molecule has 1 rings (SSSR count). The van der Waals surface area contributed by atoms with Crippen LogP contribution in [-0.4, -0.2) is 5.78 Å². The Morgan fingerprint density at radius 3 is 2.26 bits per heavy atom. The topological polar surface area (TPSA) is 17.1 Å². The van der Waals surface area contributed by atoms with Gasteiger partial charge in [0.05, 0.1) is 0 Å². The van der Waals surface area contributed by atoms with Crippen LogP contribution in [0.1, 0.15) is 61.8 Å². The molecule has 0 N–H and O–H groups in total. The minimum atomic E-state index is 0.0852. The van der Waals surface area contributed by atoms with Gasteiger partial charge in [-0.05, 0) is 43.1 Å². The van der Waals surface area contributed by atoms with Crippen LogP contribution < -0.4 is 0 Å². The van der Waals surface area contributed by atoms with Gasteiger partial charge < -0.3 is 0 Å². The van der Waals surface area contributed by atoms with Gasteiger partial charge in [-0.1, -0.05) is 58.8 Å². The largest absolute Gasteiger partial charge is 0.295 e. The highest BCUT2D eigenvalue weighted by Gasteiger charge is 2.43. The minimum Gasteiger partial charge on any atom is -0.295 e. The molecule has 0 saturated carbocycles. The minimum absolute atomic E-state index is 0.0852. The van der Waals surface area contributed by atoms with E-state index >= 15 is 0 Å². The molecule has 1 aliphatic rings. The summed E-state index contributed by atoms with van der Waals surface area (Å²) in [5, 5.41) is 0. The molecule has 0 radical (unpaired) electrons. The van der Waals surface area contributed by atoms with Crippen LogP contribution in [0, 0.1) is 22.7 Å². The number of hydrogen-bond acceptors (Lipinski definition) is 1. The van der Waals surface area contributed by atoms with Crippen LogP contribution >= 0.6 is 0 Å². The molecule has 0 fully saturated rings. The smallest absolute Gasteiger partial charge is 0.158 e. The number of carbonyl (C=O) groups excluding carboxylic acids is 1. The molecule has 108 valence electrons. The normalized spacial score (nSPS) is 26.3. The molecule has 0 amide bonds. The van der Waals surface area contributed by atoms with Crippen molar-refractivity contribution in [2.24, 2.45) is 22.7 Å². The summed E-state index contributed by atoms with van der Waals surface area (Å²) in [6.07, 6.45) is 5.38. The van der Waals surface area contributed by atoms with Gasteiger partial charge in [0.25, 0.3) is 0 Å².